The van der Waals surface area contributed by atoms with Crippen LogP contribution in [-0.4, -0.2) is 34.2 Å². The molecule has 1 aliphatic heterocycles. The number of amides is 1. The Kier molecular flexibility index (Phi) is 4.82. The van der Waals surface area contributed by atoms with E-state index in [0.29, 0.717) is 12.2 Å². The number of nitrogens with one attached hydrogen (secondary N) is 2. The number of para-hydroxylation sites is 1. The number of hydrogen-bond acceptors (Lipinski definition) is 4. The van der Waals surface area contributed by atoms with Crippen molar-refractivity contribution >= 4 is 22.6 Å². The van der Waals surface area contributed by atoms with E-state index in [1.54, 1.807) is 0 Å². The second kappa shape index (κ2) is 7.56. The van der Waals surface area contributed by atoms with Gasteiger partial charge in [0.1, 0.15) is 5.82 Å². The third-order valence-electron chi connectivity index (χ3n) is 4.88. The fourth-order valence-electron chi connectivity index (χ4n) is 3.41. The summed E-state index contributed by atoms with van der Waals surface area (Å²) in [6, 6.07) is 11.7. The molecule has 6 heteroatoms. The molecule has 1 amide bonds. The molecule has 1 aliphatic rings. The standard InChI is InChI=1S/C20H23N5O/c26-20(19-16-7-3-4-8-17(16)23-24-19)22-14-15-9-10-18(21-13-15)25-11-5-1-2-6-12-25/h3-4,7-10,13H,1-2,5-6,11-12,14H2,(H,22,26)(H,23,24). The Morgan fingerprint density at radius 2 is 1.88 bits per heavy atom. The van der Waals surface area contributed by atoms with Crippen LogP contribution in [0.25, 0.3) is 10.9 Å². The Balaban J connectivity index is 1.39. The third kappa shape index (κ3) is 3.54. The van der Waals surface area contributed by atoms with Gasteiger partial charge in [-0.05, 0) is 30.5 Å². The van der Waals surface area contributed by atoms with Crippen molar-refractivity contribution in [1.82, 2.24) is 20.5 Å². The van der Waals surface area contributed by atoms with Crippen molar-refractivity contribution < 1.29 is 4.79 Å². The Bertz CT molecular complexity index is 879. The van der Waals surface area contributed by atoms with Crippen molar-refractivity contribution in [3.05, 3.63) is 53.9 Å². The highest BCUT2D eigenvalue weighted by atomic mass is 16.1. The summed E-state index contributed by atoms with van der Waals surface area (Å²) in [7, 11) is 0. The number of H-pyrrole nitrogens is 1. The molecule has 3 heterocycles. The normalized spacial score (nSPS) is 15.0. The predicted octanol–water partition coefficient (Wildman–Crippen LogP) is 3.27. The second-order valence-corrected chi connectivity index (χ2v) is 6.73. The Morgan fingerprint density at radius 3 is 2.65 bits per heavy atom. The van der Waals surface area contributed by atoms with Gasteiger partial charge in [0.05, 0.1) is 5.52 Å². The van der Waals surface area contributed by atoms with Crippen LogP contribution in [0.1, 0.15) is 41.7 Å². The van der Waals surface area contributed by atoms with E-state index in [0.717, 1.165) is 35.4 Å². The molecule has 1 aromatic carbocycles. The largest absolute Gasteiger partial charge is 0.357 e. The van der Waals surface area contributed by atoms with Gasteiger partial charge in [0.2, 0.25) is 0 Å². The lowest BCUT2D eigenvalue weighted by Gasteiger charge is -2.21. The lowest BCUT2D eigenvalue weighted by molar-refractivity contribution is 0.0947. The molecule has 0 saturated carbocycles. The number of hydrogen-bond donors (Lipinski definition) is 2. The van der Waals surface area contributed by atoms with Gasteiger partial charge in [-0.25, -0.2) is 4.98 Å². The number of aromatic amines is 1. The van der Waals surface area contributed by atoms with E-state index in [2.05, 4.69) is 31.5 Å². The van der Waals surface area contributed by atoms with E-state index in [4.69, 9.17) is 0 Å². The smallest absolute Gasteiger partial charge is 0.272 e. The van der Waals surface area contributed by atoms with Gasteiger partial charge in [0.15, 0.2) is 5.69 Å². The molecular weight excluding hydrogens is 326 g/mol. The average Bonchev–Trinajstić information content (AvgIpc) is 2.93. The van der Waals surface area contributed by atoms with Crippen LogP contribution in [0, 0.1) is 0 Å². The maximum Gasteiger partial charge on any atom is 0.272 e. The first kappa shape index (κ1) is 16.6. The molecule has 3 aromatic rings. The van der Waals surface area contributed by atoms with E-state index >= 15 is 0 Å². The van der Waals surface area contributed by atoms with Gasteiger partial charge in [0.25, 0.3) is 5.91 Å². The van der Waals surface area contributed by atoms with Crippen LogP contribution in [0.3, 0.4) is 0 Å². The lowest BCUT2D eigenvalue weighted by Crippen LogP contribution is -2.25. The molecule has 0 unspecified atom stereocenters. The SMILES string of the molecule is O=C(NCc1ccc(N2CCCCCC2)nc1)c1n[nH]c2ccccc12. The van der Waals surface area contributed by atoms with Crippen LogP contribution in [0.2, 0.25) is 0 Å². The van der Waals surface area contributed by atoms with E-state index in [1.165, 1.54) is 25.7 Å². The zero-order chi connectivity index (χ0) is 17.8. The Labute approximate surface area is 152 Å². The second-order valence-electron chi connectivity index (χ2n) is 6.73. The van der Waals surface area contributed by atoms with E-state index < -0.39 is 0 Å². The zero-order valence-electron chi connectivity index (χ0n) is 14.7. The first-order valence-electron chi connectivity index (χ1n) is 9.22. The molecule has 2 N–H and O–H groups in total. The summed E-state index contributed by atoms with van der Waals surface area (Å²) in [6.45, 7) is 2.60. The highest BCUT2D eigenvalue weighted by molar-refractivity contribution is 6.04. The van der Waals surface area contributed by atoms with Gasteiger partial charge in [-0.15, -0.1) is 0 Å². The van der Waals surface area contributed by atoms with Crippen LogP contribution >= 0.6 is 0 Å². The summed E-state index contributed by atoms with van der Waals surface area (Å²) >= 11 is 0. The van der Waals surface area contributed by atoms with Crippen LogP contribution in [0.5, 0.6) is 0 Å². The number of anilines is 1. The first-order chi connectivity index (χ1) is 12.8. The molecule has 0 bridgehead atoms. The summed E-state index contributed by atoms with van der Waals surface area (Å²) in [5.74, 6) is 0.847. The number of pyridine rings is 1. The highest BCUT2D eigenvalue weighted by Crippen LogP contribution is 2.18. The van der Waals surface area contributed by atoms with Crippen molar-refractivity contribution in [2.75, 3.05) is 18.0 Å². The number of carbonyl (C=O) groups excluding carboxylic acids is 1. The fraction of sp³-hybridized carbons (Fsp3) is 0.350. The van der Waals surface area contributed by atoms with Gasteiger partial charge in [0, 0.05) is 31.2 Å². The van der Waals surface area contributed by atoms with Gasteiger partial charge < -0.3 is 10.2 Å². The monoisotopic (exact) mass is 349 g/mol. The minimum atomic E-state index is -0.181. The average molecular weight is 349 g/mol. The Morgan fingerprint density at radius 1 is 1.08 bits per heavy atom. The van der Waals surface area contributed by atoms with E-state index in [9.17, 15) is 4.79 Å². The number of benzene rings is 1. The molecule has 4 rings (SSSR count). The van der Waals surface area contributed by atoms with Gasteiger partial charge in [-0.1, -0.05) is 37.1 Å². The van der Waals surface area contributed by atoms with Crippen LogP contribution in [0.15, 0.2) is 42.6 Å². The molecule has 2 aromatic heterocycles. The molecule has 26 heavy (non-hydrogen) atoms. The van der Waals surface area contributed by atoms with Crippen molar-refractivity contribution in [3.8, 4) is 0 Å². The topological polar surface area (TPSA) is 73.9 Å². The molecule has 134 valence electrons. The summed E-state index contributed by atoms with van der Waals surface area (Å²) in [5.41, 5.74) is 2.27. The van der Waals surface area contributed by atoms with Crippen molar-refractivity contribution in [1.29, 1.82) is 0 Å². The van der Waals surface area contributed by atoms with Gasteiger partial charge in [-0.3, -0.25) is 9.89 Å². The fourth-order valence-corrected chi connectivity index (χ4v) is 3.41. The van der Waals surface area contributed by atoms with Crippen molar-refractivity contribution in [2.24, 2.45) is 0 Å². The first-order valence-corrected chi connectivity index (χ1v) is 9.22. The molecular formula is C20H23N5O. The van der Waals surface area contributed by atoms with E-state index in [-0.39, 0.29) is 5.91 Å². The predicted molar refractivity (Wildman–Crippen MR) is 102 cm³/mol. The number of fused-ring (bicyclic) bond motifs is 1. The summed E-state index contributed by atoms with van der Waals surface area (Å²) in [4.78, 5) is 19.4. The molecule has 1 saturated heterocycles. The number of carbonyl (C=O) groups is 1. The molecule has 0 aliphatic carbocycles. The lowest BCUT2D eigenvalue weighted by atomic mass is 10.2. The van der Waals surface area contributed by atoms with Crippen LogP contribution in [-0.2, 0) is 6.54 Å². The highest BCUT2D eigenvalue weighted by Gasteiger charge is 2.14. The van der Waals surface area contributed by atoms with Gasteiger partial charge in [-0.2, -0.15) is 5.10 Å². The number of rotatable bonds is 4. The third-order valence-corrected chi connectivity index (χ3v) is 4.88. The number of aromatic nitrogens is 3. The van der Waals surface area contributed by atoms with E-state index in [1.807, 2.05) is 36.5 Å². The van der Waals surface area contributed by atoms with Crippen molar-refractivity contribution in [3.63, 3.8) is 0 Å². The zero-order valence-corrected chi connectivity index (χ0v) is 14.7. The number of nitrogens with zero attached hydrogens (tertiary/aromatic N) is 3. The molecule has 1 fully saturated rings. The van der Waals surface area contributed by atoms with Crippen molar-refractivity contribution in [2.45, 2.75) is 32.2 Å². The summed E-state index contributed by atoms with van der Waals surface area (Å²) in [5, 5.41) is 10.8. The van der Waals surface area contributed by atoms with Crippen LogP contribution in [0.4, 0.5) is 5.82 Å². The Hall–Kier alpha value is -2.89. The maximum atomic E-state index is 12.4. The summed E-state index contributed by atoms with van der Waals surface area (Å²) in [6.07, 6.45) is 6.93. The minimum Gasteiger partial charge on any atom is -0.357 e. The quantitative estimate of drug-likeness (QED) is 0.758. The maximum absolute atomic E-state index is 12.4. The molecule has 0 spiro atoms. The van der Waals surface area contributed by atoms with Gasteiger partial charge >= 0.3 is 0 Å². The molecule has 0 radical (unpaired) electrons. The summed E-state index contributed by atoms with van der Waals surface area (Å²) < 4.78 is 0. The molecule has 0 atom stereocenters. The molecule has 6 nitrogen and oxygen atoms in total. The van der Waals surface area contributed by atoms with Crippen LogP contribution < -0.4 is 10.2 Å². The minimum absolute atomic E-state index is 0.181.